The fourth-order valence-electron chi connectivity index (χ4n) is 0.713. The third-order valence-corrected chi connectivity index (χ3v) is 4.88. The number of benzene rings is 1. The number of alkyl halides is 2. The van der Waals surface area contributed by atoms with Crippen molar-refractivity contribution < 1.29 is 8.42 Å². The van der Waals surface area contributed by atoms with E-state index in [0.717, 1.165) is 0 Å². The lowest BCUT2D eigenvalue weighted by molar-refractivity contribution is 0.599. The zero-order valence-electron chi connectivity index (χ0n) is 5.94. The van der Waals surface area contributed by atoms with Crippen LogP contribution in [-0.4, -0.2) is 12.0 Å². The minimum absolute atomic E-state index is 0.224. The molecule has 0 aromatic heterocycles. The van der Waals surface area contributed by atoms with Crippen LogP contribution in [-0.2, 0) is 9.84 Å². The maximum Gasteiger partial charge on any atom is 0.205 e. The van der Waals surface area contributed by atoms with Crippen molar-refractivity contribution in [3.63, 3.8) is 0 Å². The quantitative estimate of drug-likeness (QED) is 0.773. The Labute approximate surface area is 84.6 Å². The van der Waals surface area contributed by atoms with Crippen LogP contribution >= 0.6 is 27.5 Å². The molecule has 0 N–H and O–H groups in total. The van der Waals surface area contributed by atoms with Gasteiger partial charge in [0.1, 0.15) is 0 Å². The van der Waals surface area contributed by atoms with Crippen molar-refractivity contribution in [3.8, 4) is 0 Å². The first kappa shape index (κ1) is 10.0. The van der Waals surface area contributed by atoms with Crippen LogP contribution in [0.4, 0.5) is 0 Å². The summed E-state index contributed by atoms with van der Waals surface area (Å²) in [5.74, 6) is 0. The van der Waals surface area contributed by atoms with Gasteiger partial charge in [0.2, 0.25) is 9.84 Å². The van der Waals surface area contributed by atoms with Crippen molar-refractivity contribution in [2.75, 3.05) is 0 Å². The molecule has 0 spiro atoms. The van der Waals surface area contributed by atoms with Crippen molar-refractivity contribution in [1.82, 2.24) is 0 Å². The molecule has 0 heterocycles. The molecule has 0 fully saturated rings. The standard InChI is InChI=1S/C7H6BrClO2S/c8-7(9)12(10,11)6-4-2-1-3-5-6/h1-5,7H. The normalized spacial score (nSPS) is 14.2. The van der Waals surface area contributed by atoms with Gasteiger partial charge in [0.15, 0.2) is 3.62 Å². The van der Waals surface area contributed by atoms with Crippen molar-refractivity contribution in [3.05, 3.63) is 30.3 Å². The molecule has 1 aromatic carbocycles. The Morgan fingerprint density at radius 1 is 1.25 bits per heavy atom. The Bertz CT molecular complexity index is 347. The van der Waals surface area contributed by atoms with Crippen molar-refractivity contribution in [2.45, 2.75) is 8.51 Å². The van der Waals surface area contributed by atoms with E-state index >= 15 is 0 Å². The highest BCUT2D eigenvalue weighted by molar-refractivity contribution is 9.11. The van der Waals surface area contributed by atoms with Crippen LogP contribution in [0, 0.1) is 0 Å². The van der Waals surface area contributed by atoms with Gasteiger partial charge in [-0.05, 0) is 12.1 Å². The van der Waals surface area contributed by atoms with E-state index in [4.69, 9.17) is 11.6 Å². The number of rotatable bonds is 2. The van der Waals surface area contributed by atoms with E-state index in [2.05, 4.69) is 15.9 Å². The number of hydrogen-bond donors (Lipinski definition) is 0. The number of hydrogen-bond acceptors (Lipinski definition) is 2. The van der Waals surface area contributed by atoms with Gasteiger partial charge >= 0.3 is 0 Å². The maximum atomic E-state index is 11.4. The second kappa shape index (κ2) is 3.77. The lowest BCUT2D eigenvalue weighted by Crippen LogP contribution is -2.08. The monoisotopic (exact) mass is 268 g/mol. The lowest BCUT2D eigenvalue weighted by Gasteiger charge is -2.03. The van der Waals surface area contributed by atoms with Crippen LogP contribution in [0.25, 0.3) is 0 Å². The number of sulfone groups is 1. The molecule has 2 nitrogen and oxygen atoms in total. The van der Waals surface area contributed by atoms with Crippen molar-refractivity contribution in [1.29, 1.82) is 0 Å². The summed E-state index contributed by atoms with van der Waals surface area (Å²) in [6.07, 6.45) is 0. The van der Waals surface area contributed by atoms with Crippen molar-refractivity contribution >= 4 is 37.4 Å². The minimum Gasteiger partial charge on any atom is -0.221 e. The molecule has 12 heavy (non-hydrogen) atoms. The van der Waals surface area contributed by atoms with E-state index in [0.29, 0.717) is 0 Å². The van der Waals surface area contributed by atoms with E-state index in [1.165, 1.54) is 12.1 Å². The van der Waals surface area contributed by atoms with Crippen LogP contribution in [0.15, 0.2) is 35.2 Å². The van der Waals surface area contributed by atoms with Crippen molar-refractivity contribution in [2.24, 2.45) is 0 Å². The Hall–Kier alpha value is -0.0600. The van der Waals surface area contributed by atoms with Gasteiger partial charge < -0.3 is 0 Å². The Morgan fingerprint density at radius 2 is 1.75 bits per heavy atom. The Kier molecular flexibility index (Phi) is 3.15. The van der Waals surface area contributed by atoms with Gasteiger partial charge in [-0.25, -0.2) is 8.42 Å². The molecule has 0 aliphatic heterocycles. The van der Waals surface area contributed by atoms with Gasteiger partial charge in [-0.2, -0.15) is 0 Å². The molecule has 1 aromatic rings. The van der Waals surface area contributed by atoms with Crippen LogP contribution in [0.2, 0.25) is 0 Å². The summed E-state index contributed by atoms with van der Waals surface area (Å²) < 4.78 is 21.6. The summed E-state index contributed by atoms with van der Waals surface area (Å²) in [4.78, 5) is 0.224. The van der Waals surface area contributed by atoms with E-state index in [1.54, 1.807) is 18.2 Å². The van der Waals surface area contributed by atoms with Gasteiger partial charge in [-0.15, -0.1) is 0 Å². The first-order chi connectivity index (χ1) is 5.55. The lowest BCUT2D eigenvalue weighted by atomic mass is 10.4. The molecular weight excluding hydrogens is 263 g/mol. The highest BCUT2D eigenvalue weighted by Gasteiger charge is 2.21. The van der Waals surface area contributed by atoms with Gasteiger partial charge in [0.05, 0.1) is 4.90 Å². The molecule has 66 valence electrons. The average molecular weight is 270 g/mol. The molecule has 1 atom stereocenters. The topological polar surface area (TPSA) is 34.1 Å². The highest BCUT2D eigenvalue weighted by atomic mass is 79.9. The van der Waals surface area contributed by atoms with E-state index in [-0.39, 0.29) is 4.90 Å². The summed E-state index contributed by atoms with van der Waals surface area (Å²) in [7, 11) is -3.39. The van der Waals surface area contributed by atoms with E-state index in [1.807, 2.05) is 0 Å². The molecule has 5 heteroatoms. The second-order valence-electron chi connectivity index (χ2n) is 2.12. The molecule has 0 saturated heterocycles. The van der Waals surface area contributed by atoms with Crippen LogP contribution in [0.5, 0.6) is 0 Å². The largest absolute Gasteiger partial charge is 0.221 e. The van der Waals surface area contributed by atoms with Crippen LogP contribution in [0.3, 0.4) is 0 Å². The van der Waals surface area contributed by atoms with Gasteiger partial charge in [-0.3, -0.25) is 0 Å². The smallest absolute Gasteiger partial charge is 0.205 e. The molecule has 0 radical (unpaired) electrons. The molecule has 0 amide bonds. The SMILES string of the molecule is O=S(=O)(c1ccccc1)C(Cl)Br. The van der Waals surface area contributed by atoms with E-state index in [9.17, 15) is 8.42 Å². The van der Waals surface area contributed by atoms with Crippen LogP contribution in [0.1, 0.15) is 0 Å². The Balaban J connectivity index is 3.17. The first-order valence-corrected chi connectivity index (χ1v) is 6.02. The van der Waals surface area contributed by atoms with Gasteiger partial charge in [0.25, 0.3) is 0 Å². The predicted octanol–water partition coefficient (Wildman–Crippen LogP) is 2.38. The summed E-state index contributed by atoms with van der Waals surface area (Å²) in [5, 5.41) is 0. The summed E-state index contributed by atoms with van der Waals surface area (Å²) in [5.41, 5.74) is 0. The first-order valence-electron chi connectivity index (χ1n) is 3.12. The molecule has 0 aliphatic carbocycles. The van der Waals surface area contributed by atoms with E-state index < -0.39 is 13.5 Å². The molecule has 0 saturated carbocycles. The molecule has 0 aliphatic rings. The fourth-order valence-corrected chi connectivity index (χ4v) is 2.41. The van der Waals surface area contributed by atoms with Gasteiger partial charge in [-0.1, -0.05) is 45.7 Å². The molecule has 1 unspecified atom stereocenters. The summed E-state index contributed by atoms with van der Waals surface area (Å²) in [6.45, 7) is 0. The second-order valence-corrected chi connectivity index (χ2v) is 6.90. The fraction of sp³-hybridized carbons (Fsp3) is 0.143. The summed E-state index contributed by atoms with van der Waals surface area (Å²) >= 11 is 8.24. The minimum atomic E-state index is -3.39. The van der Waals surface area contributed by atoms with Crippen LogP contribution < -0.4 is 0 Å². The zero-order chi connectivity index (χ0) is 9.19. The molecular formula is C7H6BrClO2S. The summed E-state index contributed by atoms with van der Waals surface area (Å²) in [6, 6.07) is 8.06. The predicted molar refractivity (Wildman–Crippen MR) is 52.2 cm³/mol. The highest BCUT2D eigenvalue weighted by Crippen LogP contribution is 2.22. The third-order valence-electron chi connectivity index (χ3n) is 1.31. The Morgan fingerprint density at radius 3 is 2.17 bits per heavy atom. The van der Waals surface area contributed by atoms with Gasteiger partial charge in [0, 0.05) is 0 Å². The third kappa shape index (κ3) is 2.00. The zero-order valence-corrected chi connectivity index (χ0v) is 9.10. The molecule has 0 bridgehead atoms. The maximum absolute atomic E-state index is 11.4. The average Bonchev–Trinajstić information content (AvgIpc) is 2.06. The molecule has 1 rings (SSSR count). The number of halogens is 2.